The Balaban J connectivity index is 1.35. The van der Waals surface area contributed by atoms with E-state index < -0.39 is 0 Å². The van der Waals surface area contributed by atoms with Crippen LogP contribution in [0.15, 0.2) is 54.6 Å². The zero-order valence-corrected chi connectivity index (χ0v) is 15.3. The fourth-order valence-corrected chi connectivity index (χ4v) is 3.01. The topological polar surface area (TPSA) is 58.6 Å². The summed E-state index contributed by atoms with van der Waals surface area (Å²) in [7, 11) is 0. The molecule has 2 fully saturated rings. The minimum atomic E-state index is -0.0181. The van der Waals surface area contributed by atoms with Crippen molar-refractivity contribution in [1.29, 1.82) is 0 Å². The highest BCUT2D eigenvalue weighted by molar-refractivity contribution is 5.94. The number of nitrogens with one attached hydrogen (secondary N) is 1. The van der Waals surface area contributed by atoms with Crippen molar-refractivity contribution in [3.8, 4) is 5.75 Å². The maximum Gasteiger partial charge on any atom is 0.261 e. The first-order valence-electron chi connectivity index (χ1n) is 9.56. The van der Waals surface area contributed by atoms with Crippen LogP contribution in [0, 0.1) is 0 Å². The summed E-state index contributed by atoms with van der Waals surface area (Å²) in [6.07, 6.45) is 4.23. The summed E-state index contributed by atoms with van der Waals surface area (Å²) in [6, 6.07) is 17.6. The van der Waals surface area contributed by atoms with Crippen LogP contribution in [-0.4, -0.2) is 35.4 Å². The van der Waals surface area contributed by atoms with Gasteiger partial charge in [0.2, 0.25) is 0 Å². The zero-order valence-electron chi connectivity index (χ0n) is 15.3. The molecule has 2 amide bonds. The number of benzene rings is 2. The quantitative estimate of drug-likeness (QED) is 0.783. The maximum absolute atomic E-state index is 12.6. The molecule has 5 heteroatoms. The summed E-state index contributed by atoms with van der Waals surface area (Å²) < 4.78 is 5.61. The third-order valence-electron chi connectivity index (χ3n) is 4.90. The Labute approximate surface area is 159 Å². The lowest BCUT2D eigenvalue weighted by Gasteiger charge is -2.23. The van der Waals surface area contributed by atoms with Crippen LogP contribution in [0.1, 0.15) is 41.6 Å². The molecule has 2 aliphatic carbocycles. The highest BCUT2D eigenvalue weighted by atomic mass is 16.5. The van der Waals surface area contributed by atoms with E-state index in [-0.39, 0.29) is 18.4 Å². The second-order valence-corrected chi connectivity index (χ2v) is 7.30. The normalized spacial score (nSPS) is 15.9. The molecule has 2 saturated carbocycles. The van der Waals surface area contributed by atoms with Crippen LogP contribution < -0.4 is 10.1 Å². The van der Waals surface area contributed by atoms with E-state index in [4.69, 9.17) is 4.74 Å². The van der Waals surface area contributed by atoms with Crippen molar-refractivity contribution in [2.24, 2.45) is 0 Å². The zero-order chi connectivity index (χ0) is 18.6. The molecular formula is C22H24N2O3. The van der Waals surface area contributed by atoms with Gasteiger partial charge in [0, 0.05) is 24.2 Å². The number of hydrogen-bond acceptors (Lipinski definition) is 3. The average molecular weight is 364 g/mol. The predicted molar refractivity (Wildman–Crippen MR) is 102 cm³/mol. The molecule has 2 aromatic rings. The first kappa shape index (κ1) is 17.6. The minimum Gasteiger partial charge on any atom is -0.484 e. The lowest BCUT2D eigenvalue weighted by molar-refractivity contribution is -0.134. The van der Waals surface area contributed by atoms with Gasteiger partial charge in [-0.1, -0.05) is 30.3 Å². The van der Waals surface area contributed by atoms with Gasteiger partial charge in [-0.3, -0.25) is 9.59 Å². The molecule has 2 aromatic carbocycles. The number of ether oxygens (including phenoxy) is 1. The Morgan fingerprint density at radius 3 is 2.30 bits per heavy atom. The molecule has 0 heterocycles. The molecule has 2 aliphatic rings. The van der Waals surface area contributed by atoms with Crippen LogP contribution in [0.25, 0.3) is 0 Å². The van der Waals surface area contributed by atoms with Crippen molar-refractivity contribution in [2.75, 3.05) is 6.61 Å². The number of carbonyl (C=O) groups excluding carboxylic acids is 2. The Hall–Kier alpha value is -2.82. The van der Waals surface area contributed by atoms with E-state index in [9.17, 15) is 9.59 Å². The van der Waals surface area contributed by atoms with E-state index in [1.807, 2.05) is 59.5 Å². The fourth-order valence-electron chi connectivity index (χ4n) is 3.01. The van der Waals surface area contributed by atoms with E-state index in [0.29, 0.717) is 29.9 Å². The van der Waals surface area contributed by atoms with Crippen LogP contribution in [0.2, 0.25) is 0 Å². The number of amides is 2. The van der Waals surface area contributed by atoms with Crippen molar-refractivity contribution in [3.05, 3.63) is 65.7 Å². The van der Waals surface area contributed by atoms with Crippen LogP contribution in [0.4, 0.5) is 0 Å². The minimum absolute atomic E-state index is 0.00286. The van der Waals surface area contributed by atoms with Crippen molar-refractivity contribution in [3.63, 3.8) is 0 Å². The Morgan fingerprint density at radius 2 is 1.67 bits per heavy atom. The Bertz CT molecular complexity index is 796. The number of carbonyl (C=O) groups is 2. The van der Waals surface area contributed by atoms with Gasteiger partial charge >= 0.3 is 0 Å². The highest BCUT2D eigenvalue weighted by Crippen LogP contribution is 2.28. The maximum atomic E-state index is 12.6. The number of hydrogen-bond donors (Lipinski definition) is 1. The molecule has 0 aliphatic heterocycles. The predicted octanol–water partition coefficient (Wildman–Crippen LogP) is 3.15. The molecule has 1 N–H and O–H groups in total. The molecule has 5 nitrogen and oxygen atoms in total. The number of rotatable bonds is 8. The molecular weight excluding hydrogens is 340 g/mol. The van der Waals surface area contributed by atoms with E-state index in [1.165, 1.54) is 0 Å². The van der Waals surface area contributed by atoms with Crippen molar-refractivity contribution in [1.82, 2.24) is 10.2 Å². The number of nitrogens with zero attached hydrogens (tertiary/aromatic N) is 1. The van der Waals surface area contributed by atoms with Gasteiger partial charge in [-0.15, -0.1) is 0 Å². The molecule has 0 bridgehead atoms. The van der Waals surface area contributed by atoms with E-state index in [2.05, 4.69) is 5.32 Å². The monoisotopic (exact) mass is 364 g/mol. The van der Waals surface area contributed by atoms with E-state index >= 15 is 0 Å². The Morgan fingerprint density at radius 1 is 0.963 bits per heavy atom. The highest BCUT2D eigenvalue weighted by Gasteiger charge is 2.32. The van der Waals surface area contributed by atoms with Gasteiger partial charge in [-0.2, -0.15) is 0 Å². The molecule has 0 radical (unpaired) electrons. The summed E-state index contributed by atoms with van der Waals surface area (Å²) in [5.41, 5.74) is 1.69. The molecule has 0 atom stereocenters. The molecule has 0 aromatic heterocycles. The van der Waals surface area contributed by atoms with Crippen molar-refractivity contribution in [2.45, 2.75) is 44.3 Å². The van der Waals surface area contributed by atoms with Gasteiger partial charge in [0.1, 0.15) is 5.75 Å². The summed E-state index contributed by atoms with van der Waals surface area (Å²) in [4.78, 5) is 26.6. The summed E-state index contributed by atoms with van der Waals surface area (Å²) in [6.45, 7) is 0.592. The van der Waals surface area contributed by atoms with Gasteiger partial charge in [-0.05, 0) is 55.5 Å². The number of para-hydroxylation sites is 1. The van der Waals surface area contributed by atoms with Crippen molar-refractivity contribution >= 4 is 11.8 Å². The van der Waals surface area contributed by atoms with Gasteiger partial charge in [0.25, 0.3) is 11.8 Å². The lowest BCUT2D eigenvalue weighted by atomic mass is 10.1. The van der Waals surface area contributed by atoms with Crippen molar-refractivity contribution < 1.29 is 14.3 Å². The summed E-state index contributed by atoms with van der Waals surface area (Å²) in [5, 5.41) is 2.99. The van der Waals surface area contributed by atoms with Gasteiger partial charge < -0.3 is 15.0 Å². The van der Waals surface area contributed by atoms with Crippen LogP contribution in [-0.2, 0) is 11.3 Å². The molecule has 4 rings (SSSR count). The van der Waals surface area contributed by atoms with E-state index in [0.717, 1.165) is 31.2 Å². The second kappa shape index (κ2) is 7.82. The first-order valence-corrected chi connectivity index (χ1v) is 9.56. The molecule has 0 spiro atoms. The van der Waals surface area contributed by atoms with Crippen LogP contribution in [0.3, 0.4) is 0 Å². The smallest absolute Gasteiger partial charge is 0.261 e. The molecule has 0 unspecified atom stereocenters. The third kappa shape index (κ3) is 4.88. The van der Waals surface area contributed by atoms with Crippen LogP contribution in [0.5, 0.6) is 5.75 Å². The van der Waals surface area contributed by atoms with E-state index in [1.54, 1.807) is 0 Å². The van der Waals surface area contributed by atoms with Gasteiger partial charge in [0.05, 0.1) is 0 Å². The van der Waals surface area contributed by atoms with Gasteiger partial charge in [0.15, 0.2) is 6.61 Å². The van der Waals surface area contributed by atoms with Crippen LogP contribution >= 0.6 is 0 Å². The molecule has 27 heavy (non-hydrogen) atoms. The standard InChI is InChI=1S/C22H24N2O3/c25-21(15-27-20-4-2-1-3-5-20)24(19-12-13-19)14-16-6-8-17(9-7-16)22(26)23-18-10-11-18/h1-9,18-19H,10-15H2,(H,23,26). The summed E-state index contributed by atoms with van der Waals surface area (Å²) >= 11 is 0. The first-order chi connectivity index (χ1) is 13.2. The summed E-state index contributed by atoms with van der Waals surface area (Å²) in [5.74, 6) is 0.681. The SMILES string of the molecule is O=C(NC1CC1)c1ccc(CN(C(=O)COc2ccccc2)C2CC2)cc1. The molecule has 0 saturated heterocycles. The second-order valence-electron chi connectivity index (χ2n) is 7.30. The third-order valence-corrected chi connectivity index (χ3v) is 4.90. The molecule has 140 valence electrons. The lowest BCUT2D eigenvalue weighted by Crippen LogP contribution is -2.36. The largest absolute Gasteiger partial charge is 0.484 e. The fraction of sp³-hybridized carbons (Fsp3) is 0.364. The average Bonchev–Trinajstić information content (AvgIpc) is 3.60. The van der Waals surface area contributed by atoms with Gasteiger partial charge in [-0.25, -0.2) is 0 Å². The Kier molecular flexibility index (Phi) is 5.10.